The zero-order valence-electron chi connectivity index (χ0n) is 17.2. The number of carbonyl (C=O) groups is 3. The molecule has 0 radical (unpaired) electrons. The van der Waals surface area contributed by atoms with E-state index in [1.165, 1.54) is 6.42 Å². The standard InChI is InChI=1S/C20H34N2O6/c1-20(2,3)28-19(26)22-11-9-15(10-12-22)27-18(25)21-16(17(23)24)13-14-7-5-4-6-8-14/h14-16H,4-13H2,1-3H3,(H,21,25)(H,23,24). The van der Waals surface area contributed by atoms with Crippen LogP contribution in [0.5, 0.6) is 0 Å². The van der Waals surface area contributed by atoms with Crippen molar-refractivity contribution in [3.8, 4) is 0 Å². The second-order valence-corrected chi connectivity index (χ2v) is 8.85. The Kier molecular flexibility index (Phi) is 7.95. The molecule has 28 heavy (non-hydrogen) atoms. The number of carbonyl (C=O) groups excluding carboxylic acids is 2. The van der Waals surface area contributed by atoms with Crippen LogP contribution in [0.2, 0.25) is 0 Å². The molecule has 2 aliphatic rings. The molecule has 8 heteroatoms. The maximum Gasteiger partial charge on any atom is 0.410 e. The summed E-state index contributed by atoms with van der Waals surface area (Å²) in [6, 6.07) is -0.919. The lowest BCUT2D eigenvalue weighted by Gasteiger charge is -2.33. The van der Waals surface area contributed by atoms with Crippen LogP contribution in [0.1, 0.15) is 72.1 Å². The van der Waals surface area contributed by atoms with Gasteiger partial charge in [-0.2, -0.15) is 0 Å². The van der Waals surface area contributed by atoms with Gasteiger partial charge in [0.15, 0.2) is 0 Å². The quantitative estimate of drug-likeness (QED) is 0.734. The molecule has 8 nitrogen and oxygen atoms in total. The number of rotatable bonds is 5. The van der Waals surface area contributed by atoms with Crippen LogP contribution in [0.4, 0.5) is 9.59 Å². The van der Waals surface area contributed by atoms with Crippen LogP contribution in [-0.4, -0.2) is 59.0 Å². The minimum Gasteiger partial charge on any atom is -0.480 e. The Morgan fingerprint density at radius 1 is 1.07 bits per heavy atom. The summed E-state index contributed by atoms with van der Waals surface area (Å²) in [6.07, 6.45) is 5.55. The number of nitrogens with one attached hydrogen (secondary N) is 1. The van der Waals surface area contributed by atoms with Crippen LogP contribution >= 0.6 is 0 Å². The molecule has 0 aromatic carbocycles. The molecule has 1 saturated heterocycles. The number of alkyl carbamates (subject to hydrolysis) is 1. The van der Waals surface area contributed by atoms with Crippen molar-refractivity contribution in [2.45, 2.75) is 89.9 Å². The first-order chi connectivity index (χ1) is 13.1. The lowest BCUT2D eigenvalue weighted by Crippen LogP contribution is -2.46. The number of carboxylic acid groups (broad SMARTS) is 1. The Labute approximate surface area is 166 Å². The first-order valence-corrected chi connectivity index (χ1v) is 10.3. The van der Waals surface area contributed by atoms with E-state index in [-0.39, 0.29) is 12.2 Å². The van der Waals surface area contributed by atoms with Crippen molar-refractivity contribution in [3.05, 3.63) is 0 Å². The van der Waals surface area contributed by atoms with E-state index < -0.39 is 23.7 Å². The Hall–Kier alpha value is -1.99. The molecular formula is C20H34N2O6. The monoisotopic (exact) mass is 398 g/mol. The highest BCUT2D eigenvalue weighted by atomic mass is 16.6. The second kappa shape index (κ2) is 9.98. The molecule has 0 bridgehead atoms. The predicted molar refractivity (Wildman–Crippen MR) is 103 cm³/mol. The molecule has 1 atom stereocenters. The van der Waals surface area contributed by atoms with Gasteiger partial charge < -0.3 is 24.8 Å². The third-order valence-electron chi connectivity index (χ3n) is 5.25. The summed E-state index contributed by atoms with van der Waals surface area (Å²) >= 11 is 0. The highest BCUT2D eigenvalue weighted by molar-refractivity contribution is 5.79. The number of likely N-dealkylation sites (tertiary alicyclic amines) is 1. The van der Waals surface area contributed by atoms with E-state index in [1.54, 1.807) is 4.90 Å². The van der Waals surface area contributed by atoms with Gasteiger partial charge in [0.1, 0.15) is 17.7 Å². The molecular weight excluding hydrogens is 364 g/mol. The molecule has 160 valence electrons. The summed E-state index contributed by atoms with van der Waals surface area (Å²) in [5.74, 6) is -0.686. The van der Waals surface area contributed by atoms with E-state index >= 15 is 0 Å². The molecule has 2 N–H and O–H groups in total. The van der Waals surface area contributed by atoms with Crippen molar-refractivity contribution in [3.63, 3.8) is 0 Å². The molecule has 1 unspecified atom stereocenters. The summed E-state index contributed by atoms with van der Waals surface area (Å²) in [7, 11) is 0. The van der Waals surface area contributed by atoms with Gasteiger partial charge in [-0.25, -0.2) is 14.4 Å². The van der Waals surface area contributed by atoms with Gasteiger partial charge in [0.25, 0.3) is 0 Å². The molecule has 2 fully saturated rings. The number of carboxylic acids is 1. The zero-order valence-corrected chi connectivity index (χ0v) is 17.2. The predicted octanol–water partition coefficient (Wildman–Crippen LogP) is 3.54. The van der Waals surface area contributed by atoms with E-state index in [4.69, 9.17) is 9.47 Å². The fourth-order valence-corrected chi connectivity index (χ4v) is 3.79. The fraction of sp³-hybridized carbons (Fsp3) is 0.850. The summed E-state index contributed by atoms with van der Waals surface area (Å²) < 4.78 is 10.7. The Morgan fingerprint density at radius 2 is 1.68 bits per heavy atom. The van der Waals surface area contributed by atoms with Gasteiger partial charge in [0.05, 0.1) is 0 Å². The average Bonchev–Trinajstić information content (AvgIpc) is 2.61. The van der Waals surface area contributed by atoms with Crippen LogP contribution in [0, 0.1) is 5.92 Å². The topological polar surface area (TPSA) is 105 Å². The van der Waals surface area contributed by atoms with Crippen molar-refractivity contribution in [1.29, 1.82) is 0 Å². The number of piperidine rings is 1. The number of amides is 2. The maximum atomic E-state index is 12.2. The molecule has 2 rings (SSSR count). The van der Waals surface area contributed by atoms with Crippen molar-refractivity contribution in [1.82, 2.24) is 10.2 Å². The lowest BCUT2D eigenvalue weighted by molar-refractivity contribution is -0.140. The van der Waals surface area contributed by atoms with Gasteiger partial charge in [-0.15, -0.1) is 0 Å². The van der Waals surface area contributed by atoms with E-state index in [0.717, 1.165) is 25.7 Å². The van der Waals surface area contributed by atoms with E-state index in [0.29, 0.717) is 38.3 Å². The lowest BCUT2D eigenvalue weighted by atomic mass is 9.85. The average molecular weight is 399 g/mol. The SMILES string of the molecule is CC(C)(C)OC(=O)N1CCC(OC(=O)NC(CC2CCCCC2)C(=O)O)CC1. The number of ether oxygens (including phenoxy) is 2. The van der Waals surface area contributed by atoms with Crippen molar-refractivity contribution < 1.29 is 29.0 Å². The van der Waals surface area contributed by atoms with E-state index in [2.05, 4.69) is 5.32 Å². The number of nitrogens with zero attached hydrogens (tertiary/aromatic N) is 1. The van der Waals surface area contributed by atoms with E-state index in [1.807, 2.05) is 20.8 Å². The Morgan fingerprint density at radius 3 is 2.21 bits per heavy atom. The molecule has 0 spiro atoms. The highest BCUT2D eigenvalue weighted by Gasteiger charge is 2.30. The number of hydrogen-bond donors (Lipinski definition) is 2. The van der Waals surface area contributed by atoms with Gasteiger partial charge in [-0.1, -0.05) is 32.1 Å². The van der Waals surface area contributed by atoms with Crippen LogP contribution in [0.15, 0.2) is 0 Å². The van der Waals surface area contributed by atoms with Crippen molar-refractivity contribution in [2.75, 3.05) is 13.1 Å². The van der Waals surface area contributed by atoms with Crippen molar-refractivity contribution >= 4 is 18.2 Å². The third kappa shape index (κ3) is 7.56. The summed E-state index contributed by atoms with van der Waals surface area (Å²) in [5, 5.41) is 11.9. The first-order valence-electron chi connectivity index (χ1n) is 10.3. The van der Waals surface area contributed by atoms with Gasteiger partial charge >= 0.3 is 18.2 Å². The van der Waals surface area contributed by atoms with Gasteiger partial charge in [0.2, 0.25) is 0 Å². The second-order valence-electron chi connectivity index (χ2n) is 8.85. The highest BCUT2D eigenvalue weighted by Crippen LogP contribution is 2.27. The number of aliphatic carboxylic acids is 1. The first kappa shape index (κ1) is 22.3. The molecule has 2 amide bonds. The van der Waals surface area contributed by atoms with Crippen LogP contribution in [0.3, 0.4) is 0 Å². The third-order valence-corrected chi connectivity index (χ3v) is 5.25. The van der Waals surface area contributed by atoms with Gasteiger partial charge in [-0.05, 0) is 33.1 Å². The fourth-order valence-electron chi connectivity index (χ4n) is 3.79. The molecule has 1 aliphatic heterocycles. The number of hydrogen-bond acceptors (Lipinski definition) is 5. The van der Waals surface area contributed by atoms with Crippen LogP contribution in [0.25, 0.3) is 0 Å². The molecule has 1 heterocycles. The summed E-state index contributed by atoms with van der Waals surface area (Å²) in [6.45, 7) is 6.33. The summed E-state index contributed by atoms with van der Waals surface area (Å²) in [5.41, 5.74) is -0.547. The minimum atomic E-state index is -1.03. The maximum absolute atomic E-state index is 12.2. The van der Waals surface area contributed by atoms with Crippen LogP contribution < -0.4 is 5.32 Å². The smallest absolute Gasteiger partial charge is 0.410 e. The van der Waals surface area contributed by atoms with Crippen molar-refractivity contribution in [2.24, 2.45) is 5.92 Å². The van der Waals surface area contributed by atoms with Gasteiger partial charge in [-0.3, -0.25) is 0 Å². The molecule has 0 aromatic heterocycles. The Balaban J connectivity index is 1.74. The minimum absolute atomic E-state index is 0.331. The normalized spacial score (nSPS) is 20.3. The van der Waals surface area contributed by atoms with Crippen LogP contribution in [-0.2, 0) is 14.3 Å². The Bertz CT molecular complexity index is 545. The summed E-state index contributed by atoms with van der Waals surface area (Å²) in [4.78, 5) is 37.3. The molecule has 1 aliphatic carbocycles. The molecule has 1 saturated carbocycles. The molecule has 0 aromatic rings. The van der Waals surface area contributed by atoms with E-state index in [9.17, 15) is 19.5 Å². The zero-order chi connectivity index (χ0) is 20.7. The largest absolute Gasteiger partial charge is 0.480 e. The van der Waals surface area contributed by atoms with Gasteiger partial charge in [0, 0.05) is 25.9 Å².